The first-order valence-corrected chi connectivity index (χ1v) is 4.90. The molecule has 11 heavy (non-hydrogen) atoms. The molecule has 0 heterocycles. The number of Topliss-reactive ketones (excluding diaryl/α,β-unsaturated/α-hetero) is 1. The van der Waals surface area contributed by atoms with Gasteiger partial charge in [0.2, 0.25) is 0 Å². The second-order valence-electron chi connectivity index (χ2n) is 4.02. The zero-order chi connectivity index (χ0) is 7.68. The number of hydrogen-bond donors (Lipinski definition) is 0. The first-order valence-electron chi connectivity index (χ1n) is 4.90. The van der Waals surface area contributed by atoms with E-state index in [4.69, 9.17) is 0 Å². The maximum atomic E-state index is 11.4. The second kappa shape index (κ2) is 2.96. The fourth-order valence-electron chi connectivity index (χ4n) is 2.21. The molecule has 2 saturated carbocycles. The summed E-state index contributed by atoms with van der Waals surface area (Å²) in [6.45, 7) is 0. The third-order valence-corrected chi connectivity index (χ3v) is 3.08. The van der Waals surface area contributed by atoms with Gasteiger partial charge < -0.3 is 0 Å². The molecule has 0 spiro atoms. The predicted molar refractivity (Wildman–Crippen MR) is 44.3 cm³/mol. The van der Waals surface area contributed by atoms with Gasteiger partial charge in [-0.15, -0.1) is 0 Å². The van der Waals surface area contributed by atoms with E-state index in [0.29, 0.717) is 11.7 Å². The Morgan fingerprint density at radius 3 is 2.82 bits per heavy atom. The Kier molecular flexibility index (Phi) is 1.97. The molecule has 0 aromatic carbocycles. The summed E-state index contributed by atoms with van der Waals surface area (Å²) >= 11 is 0. The van der Waals surface area contributed by atoms with Gasteiger partial charge in [-0.25, -0.2) is 0 Å². The van der Waals surface area contributed by atoms with Crippen molar-refractivity contribution in [2.45, 2.75) is 44.9 Å². The molecule has 0 unspecified atom stereocenters. The van der Waals surface area contributed by atoms with Crippen molar-refractivity contribution in [3.63, 3.8) is 0 Å². The highest BCUT2D eigenvalue weighted by Crippen LogP contribution is 2.44. The Balaban J connectivity index is 1.90. The molecule has 2 fully saturated rings. The topological polar surface area (TPSA) is 17.1 Å². The van der Waals surface area contributed by atoms with Crippen LogP contribution in [0.2, 0.25) is 0 Å². The van der Waals surface area contributed by atoms with Gasteiger partial charge in [-0.3, -0.25) is 4.79 Å². The van der Waals surface area contributed by atoms with Gasteiger partial charge in [-0.2, -0.15) is 0 Å². The molecule has 0 aromatic rings. The zero-order valence-electron chi connectivity index (χ0n) is 7.01. The van der Waals surface area contributed by atoms with Gasteiger partial charge >= 0.3 is 0 Å². The van der Waals surface area contributed by atoms with Crippen molar-refractivity contribution >= 4 is 5.78 Å². The molecule has 1 heteroatoms. The summed E-state index contributed by atoms with van der Waals surface area (Å²) in [7, 11) is 0. The number of fused-ring (bicyclic) bond motifs is 1. The lowest BCUT2D eigenvalue weighted by atomic mass is 10.1. The molecule has 0 saturated heterocycles. The van der Waals surface area contributed by atoms with Gasteiger partial charge in [-0.1, -0.05) is 19.3 Å². The highest BCUT2D eigenvalue weighted by molar-refractivity contribution is 5.83. The monoisotopic (exact) mass is 152 g/mol. The summed E-state index contributed by atoms with van der Waals surface area (Å²) in [5.41, 5.74) is 0. The zero-order valence-corrected chi connectivity index (χ0v) is 7.01. The van der Waals surface area contributed by atoms with Crippen LogP contribution in [0.3, 0.4) is 0 Å². The summed E-state index contributed by atoms with van der Waals surface area (Å²) < 4.78 is 0. The number of carbonyl (C=O) groups excluding carboxylic acids is 1. The Morgan fingerprint density at radius 2 is 1.91 bits per heavy atom. The summed E-state index contributed by atoms with van der Waals surface area (Å²) in [6, 6.07) is 0. The van der Waals surface area contributed by atoms with E-state index in [1.54, 1.807) is 0 Å². The van der Waals surface area contributed by atoms with Crippen molar-refractivity contribution < 1.29 is 4.79 Å². The van der Waals surface area contributed by atoms with Crippen LogP contribution in [0.25, 0.3) is 0 Å². The van der Waals surface area contributed by atoms with Gasteiger partial charge in [-0.05, 0) is 25.2 Å². The quantitative estimate of drug-likeness (QED) is 0.521. The normalized spacial score (nSPS) is 38.4. The van der Waals surface area contributed by atoms with E-state index >= 15 is 0 Å². The van der Waals surface area contributed by atoms with Crippen LogP contribution in [-0.4, -0.2) is 5.78 Å². The minimum atomic E-state index is 0.507. The van der Waals surface area contributed by atoms with Crippen LogP contribution in [0.15, 0.2) is 0 Å². The van der Waals surface area contributed by atoms with Crippen molar-refractivity contribution in [1.82, 2.24) is 0 Å². The average molecular weight is 152 g/mol. The maximum Gasteiger partial charge on any atom is 0.136 e. The Labute approximate surface area is 68.2 Å². The first-order chi connectivity index (χ1) is 5.38. The first kappa shape index (κ1) is 7.33. The number of carbonyl (C=O) groups is 1. The van der Waals surface area contributed by atoms with Crippen molar-refractivity contribution in [2.75, 3.05) is 0 Å². The Bertz CT molecular complexity index is 162. The molecule has 0 N–H and O–H groups in total. The van der Waals surface area contributed by atoms with E-state index in [1.165, 1.54) is 32.1 Å². The third kappa shape index (κ3) is 1.63. The number of rotatable bonds is 0. The lowest BCUT2D eigenvalue weighted by molar-refractivity contribution is -0.120. The van der Waals surface area contributed by atoms with Crippen LogP contribution in [0, 0.1) is 11.8 Å². The van der Waals surface area contributed by atoms with Gasteiger partial charge in [0.1, 0.15) is 5.78 Å². The van der Waals surface area contributed by atoms with E-state index in [9.17, 15) is 4.79 Å². The molecule has 2 atom stereocenters. The molecule has 0 aliphatic heterocycles. The minimum Gasteiger partial charge on any atom is -0.299 e. The highest BCUT2D eigenvalue weighted by atomic mass is 16.1. The molecule has 62 valence electrons. The molecule has 0 radical (unpaired) electrons. The molecule has 2 aliphatic rings. The van der Waals surface area contributed by atoms with E-state index in [1.807, 2.05) is 0 Å². The predicted octanol–water partition coefficient (Wildman–Crippen LogP) is 2.55. The van der Waals surface area contributed by atoms with Crippen molar-refractivity contribution in [3.8, 4) is 0 Å². The van der Waals surface area contributed by atoms with Crippen LogP contribution < -0.4 is 0 Å². The van der Waals surface area contributed by atoms with Crippen molar-refractivity contribution in [2.24, 2.45) is 11.8 Å². The summed E-state index contributed by atoms with van der Waals surface area (Å²) in [5, 5.41) is 0. The Morgan fingerprint density at radius 1 is 1.09 bits per heavy atom. The maximum absolute atomic E-state index is 11.4. The van der Waals surface area contributed by atoms with Crippen molar-refractivity contribution in [3.05, 3.63) is 0 Å². The molecule has 1 nitrogen and oxygen atoms in total. The minimum absolute atomic E-state index is 0.507. The van der Waals surface area contributed by atoms with Crippen molar-refractivity contribution in [1.29, 1.82) is 0 Å². The number of ketones is 1. The molecular formula is C10H16O. The molecule has 2 aliphatic carbocycles. The fraction of sp³-hybridized carbons (Fsp3) is 0.900. The summed E-state index contributed by atoms with van der Waals surface area (Å²) in [4.78, 5) is 11.4. The molecular weight excluding hydrogens is 136 g/mol. The van der Waals surface area contributed by atoms with E-state index < -0.39 is 0 Å². The molecule has 0 bridgehead atoms. The molecule has 0 amide bonds. The number of hydrogen-bond acceptors (Lipinski definition) is 1. The van der Waals surface area contributed by atoms with Crippen LogP contribution in [0.5, 0.6) is 0 Å². The van der Waals surface area contributed by atoms with Crippen LogP contribution in [-0.2, 0) is 4.79 Å². The summed E-state index contributed by atoms with van der Waals surface area (Å²) in [6.07, 6.45) is 8.59. The molecule has 2 rings (SSSR count). The Hall–Kier alpha value is -0.330. The lowest BCUT2D eigenvalue weighted by Crippen LogP contribution is -2.00. The smallest absolute Gasteiger partial charge is 0.136 e. The molecule has 0 aromatic heterocycles. The SMILES string of the molecule is O=C1CCCCCC[C@H]2C[C@@H]12. The van der Waals surface area contributed by atoms with E-state index in [2.05, 4.69) is 0 Å². The van der Waals surface area contributed by atoms with Crippen LogP contribution >= 0.6 is 0 Å². The van der Waals surface area contributed by atoms with Crippen LogP contribution in [0.1, 0.15) is 44.9 Å². The lowest BCUT2D eigenvalue weighted by Gasteiger charge is -1.95. The average Bonchev–Trinajstić information content (AvgIpc) is 2.74. The largest absolute Gasteiger partial charge is 0.299 e. The third-order valence-electron chi connectivity index (χ3n) is 3.08. The standard InChI is InChI=1S/C10H16O/c11-10-6-4-2-1-3-5-8-7-9(8)10/h8-9H,1-7H2/t8-,9+/m0/s1. The summed E-state index contributed by atoms with van der Waals surface area (Å²) in [5.74, 6) is 1.88. The van der Waals surface area contributed by atoms with Gasteiger partial charge in [0.25, 0.3) is 0 Å². The highest BCUT2D eigenvalue weighted by Gasteiger charge is 2.41. The van der Waals surface area contributed by atoms with Gasteiger partial charge in [0.05, 0.1) is 0 Å². The van der Waals surface area contributed by atoms with E-state index in [-0.39, 0.29) is 0 Å². The van der Waals surface area contributed by atoms with Crippen LogP contribution in [0.4, 0.5) is 0 Å². The van der Waals surface area contributed by atoms with E-state index in [0.717, 1.165) is 18.8 Å². The van der Waals surface area contributed by atoms with Gasteiger partial charge in [0, 0.05) is 12.3 Å². The van der Waals surface area contributed by atoms with Gasteiger partial charge in [0.15, 0.2) is 0 Å². The fourth-order valence-corrected chi connectivity index (χ4v) is 2.21. The second-order valence-corrected chi connectivity index (χ2v) is 4.02.